The standard InChI is InChI=1S/C13H14N2OS/c1-9-7-12(14)13(15-8-9)16-10-3-5-11(17-2)6-4-10/h3-8H,14H2,1-2H3. The van der Waals surface area contributed by atoms with Gasteiger partial charge in [-0.2, -0.15) is 0 Å². The van der Waals surface area contributed by atoms with Crippen molar-refractivity contribution in [2.75, 3.05) is 12.0 Å². The molecule has 0 amide bonds. The number of aryl methyl sites for hydroxylation is 1. The first-order valence-corrected chi connectivity index (χ1v) is 6.45. The van der Waals surface area contributed by atoms with Crippen molar-refractivity contribution >= 4 is 17.4 Å². The predicted octanol–water partition coefficient (Wildman–Crippen LogP) is 3.49. The molecule has 0 aliphatic heterocycles. The Morgan fingerprint density at radius 1 is 1.24 bits per heavy atom. The molecule has 2 N–H and O–H groups in total. The van der Waals surface area contributed by atoms with Crippen LogP contribution in [-0.2, 0) is 0 Å². The molecular weight excluding hydrogens is 232 g/mol. The molecule has 3 nitrogen and oxygen atoms in total. The molecule has 0 saturated heterocycles. The van der Waals surface area contributed by atoms with Gasteiger partial charge in [-0.15, -0.1) is 11.8 Å². The molecule has 88 valence electrons. The van der Waals surface area contributed by atoms with Gasteiger partial charge in [0, 0.05) is 11.1 Å². The van der Waals surface area contributed by atoms with Crippen LogP contribution in [0, 0.1) is 6.92 Å². The Hall–Kier alpha value is -1.68. The molecule has 0 spiro atoms. The number of nitrogens with zero attached hydrogens (tertiary/aromatic N) is 1. The lowest BCUT2D eigenvalue weighted by Crippen LogP contribution is -1.95. The maximum absolute atomic E-state index is 5.83. The van der Waals surface area contributed by atoms with Gasteiger partial charge in [-0.1, -0.05) is 0 Å². The van der Waals surface area contributed by atoms with Crippen LogP contribution in [-0.4, -0.2) is 11.2 Å². The highest BCUT2D eigenvalue weighted by Gasteiger charge is 2.03. The Bertz CT molecular complexity index is 511. The van der Waals surface area contributed by atoms with E-state index in [0.717, 1.165) is 11.3 Å². The van der Waals surface area contributed by atoms with E-state index in [0.29, 0.717) is 11.6 Å². The second-order valence-electron chi connectivity index (χ2n) is 3.68. The molecule has 17 heavy (non-hydrogen) atoms. The molecule has 1 aromatic heterocycles. The maximum atomic E-state index is 5.83. The Labute approximate surface area is 105 Å². The highest BCUT2D eigenvalue weighted by Crippen LogP contribution is 2.26. The maximum Gasteiger partial charge on any atom is 0.242 e. The average Bonchev–Trinajstić information content (AvgIpc) is 2.34. The van der Waals surface area contributed by atoms with Crippen molar-refractivity contribution < 1.29 is 4.74 Å². The van der Waals surface area contributed by atoms with Gasteiger partial charge in [0.2, 0.25) is 5.88 Å². The van der Waals surface area contributed by atoms with Crippen LogP contribution in [0.15, 0.2) is 41.4 Å². The lowest BCUT2D eigenvalue weighted by molar-refractivity contribution is 0.465. The smallest absolute Gasteiger partial charge is 0.242 e. The molecule has 0 atom stereocenters. The van der Waals surface area contributed by atoms with Gasteiger partial charge in [0.25, 0.3) is 0 Å². The summed E-state index contributed by atoms with van der Waals surface area (Å²) in [6, 6.07) is 9.67. The number of hydrogen-bond acceptors (Lipinski definition) is 4. The van der Waals surface area contributed by atoms with Crippen molar-refractivity contribution in [2.45, 2.75) is 11.8 Å². The molecule has 0 aliphatic carbocycles. The van der Waals surface area contributed by atoms with Crippen LogP contribution in [0.25, 0.3) is 0 Å². The second-order valence-corrected chi connectivity index (χ2v) is 4.56. The molecule has 1 heterocycles. The highest BCUT2D eigenvalue weighted by molar-refractivity contribution is 7.98. The summed E-state index contributed by atoms with van der Waals surface area (Å²) in [6.07, 6.45) is 3.78. The third kappa shape index (κ3) is 2.91. The van der Waals surface area contributed by atoms with Crippen LogP contribution in [0.1, 0.15) is 5.56 Å². The minimum Gasteiger partial charge on any atom is -0.437 e. The molecule has 0 fully saturated rings. The lowest BCUT2D eigenvalue weighted by atomic mass is 10.3. The molecule has 0 radical (unpaired) electrons. The van der Waals surface area contributed by atoms with E-state index in [-0.39, 0.29) is 0 Å². The number of nitrogen functional groups attached to an aromatic ring is 1. The molecule has 2 rings (SSSR count). The minimum absolute atomic E-state index is 0.451. The molecular formula is C13H14N2OS. The van der Waals surface area contributed by atoms with Crippen molar-refractivity contribution in [3.8, 4) is 11.6 Å². The fourth-order valence-corrected chi connectivity index (χ4v) is 1.83. The van der Waals surface area contributed by atoms with E-state index in [1.165, 1.54) is 4.90 Å². The Morgan fingerprint density at radius 3 is 2.53 bits per heavy atom. The van der Waals surface area contributed by atoms with Crippen molar-refractivity contribution in [3.05, 3.63) is 42.1 Å². The van der Waals surface area contributed by atoms with E-state index < -0.39 is 0 Å². The lowest BCUT2D eigenvalue weighted by Gasteiger charge is -2.08. The monoisotopic (exact) mass is 246 g/mol. The summed E-state index contributed by atoms with van der Waals surface area (Å²) in [5, 5.41) is 0. The Kier molecular flexibility index (Phi) is 3.54. The van der Waals surface area contributed by atoms with Crippen LogP contribution in [0.5, 0.6) is 11.6 Å². The zero-order valence-electron chi connectivity index (χ0n) is 9.81. The summed E-state index contributed by atoms with van der Waals surface area (Å²) >= 11 is 1.69. The van der Waals surface area contributed by atoms with E-state index in [1.807, 2.05) is 43.5 Å². The van der Waals surface area contributed by atoms with Crippen molar-refractivity contribution in [1.82, 2.24) is 4.98 Å². The van der Waals surface area contributed by atoms with Gasteiger partial charge in [0.05, 0.1) is 5.69 Å². The van der Waals surface area contributed by atoms with Crippen molar-refractivity contribution in [1.29, 1.82) is 0 Å². The second kappa shape index (κ2) is 5.10. The quantitative estimate of drug-likeness (QED) is 0.842. The summed E-state index contributed by atoms with van der Waals surface area (Å²) in [6.45, 7) is 1.94. The third-order valence-electron chi connectivity index (χ3n) is 2.29. The fraction of sp³-hybridized carbons (Fsp3) is 0.154. The minimum atomic E-state index is 0.451. The number of thioether (sulfide) groups is 1. The summed E-state index contributed by atoms with van der Waals surface area (Å²) in [5.41, 5.74) is 7.41. The van der Waals surface area contributed by atoms with E-state index >= 15 is 0 Å². The van der Waals surface area contributed by atoms with Crippen molar-refractivity contribution in [3.63, 3.8) is 0 Å². The van der Waals surface area contributed by atoms with Gasteiger partial charge in [0.1, 0.15) is 5.75 Å². The van der Waals surface area contributed by atoms with E-state index in [9.17, 15) is 0 Å². The number of anilines is 1. The number of hydrogen-bond donors (Lipinski definition) is 1. The zero-order valence-corrected chi connectivity index (χ0v) is 10.6. The summed E-state index contributed by atoms with van der Waals surface area (Å²) in [7, 11) is 0. The Balaban J connectivity index is 2.19. The first-order valence-electron chi connectivity index (χ1n) is 5.23. The van der Waals surface area contributed by atoms with Gasteiger partial charge in [0.15, 0.2) is 0 Å². The van der Waals surface area contributed by atoms with E-state index in [1.54, 1.807) is 18.0 Å². The molecule has 4 heteroatoms. The van der Waals surface area contributed by atoms with Crippen LogP contribution >= 0.6 is 11.8 Å². The fourth-order valence-electron chi connectivity index (χ4n) is 1.42. The number of ether oxygens (including phenoxy) is 1. The number of rotatable bonds is 3. The first-order chi connectivity index (χ1) is 8.19. The van der Waals surface area contributed by atoms with Gasteiger partial charge >= 0.3 is 0 Å². The van der Waals surface area contributed by atoms with Crippen LogP contribution in [0.3, 0.4) is 0 Å². The first kappa shape index (κ1) is 11.8. The number of aromatic nitrogens is 1. The van der Waals surface area contributed by atoms with Gasteiger partial charge < -0.3 is 10.5 Å². The Morgan fingerprint density at radius 2 is 1.94 bits per heavy atom. The summed E-state index contributed by atoms with van der Waals surface area (Å²) in [5.74, 6) is 1.19. The molecule has 1 aromatic carbocycles. The van der Waals surface area contributed by atoms with Crippen LogP contribution < -0.4 is 10.5 Å². The third-order valence-corrected chi connectivity index (χ3v) is 3.03. The van der Waals surface area contributed by atoms with Gasteiger partial charge in [-0.05, 0) is 49.1 Å². The normalized spacial score (nSPS) is 10.2. The molecule has 0 saturated carbocycles. The predicted molar refractivity (Wildman–Crippen MR) is 71.7 cm³/mol. The van der Waals surface area contributed by atoms with Crippen LogP contribution in [0.2, 0.25) is 0 Å². The number of nitrogens with two attached hydrogens (primary N) is 1. The molecule has 2 aromatic rings. The van der Waals surface area contributed by atoms with E-state index in [2.05, 4.69) is 4.98 Å². The number of pyridine rings is 1. The van der Waals surface area contributed by atoms with Crippen LogP contribution in [0.4, 0.5) is 5.69 Å². The number of benzene rings is 1. The van der Waals surface area contributed by atoms with Gasteiger partial charge in [-0.25, -0.2) is 4.98 Å². The highest BCUT2D eigenvalue weighted by atomic mass is 32.2. The molecule has 0 aliphatic rings. The average molecular weight is 246 g/mol. The zero-order chi connectivity index (χ0) is 12.3. The van der Waals surface area contributed by atoms with Gasteiger partial charge in [-0.3, -0.25) is 0 Å². The van der Waals surface area contributed by atoms with Crippen molar-refractivity contribution in [2.24, 2.45) is 0 Å². The van der Waals surface area contributed by atoms with E-state index in [4.69, 9.17) is 10.5 Å². The topological polar surface area (TPSA) is 48.1 Å². The summed E-state index contributed by atoms with van der Waals surface area (Å²) in [4.78, 5) is 5.36. The largest absolute Gasteiger partial charge is 0.437 e. The molecule has 0 unspecified atom stereocenters. The SMILES string of the molecule is CSc1ccc(Oc2ncc(C)cc2N)cc1. The summed E-state index contributed by atoms with van der Waals surface area (Å²) < 4.78 is 5.62. The molecule has 0 bridgehead atoms.